The van der Waals surface area contributed by atoms with Gasteiger partial charge in [0.1, 0.15) is 0 Å². The van der Waals surface area contributed by atoms with E-state index in [4.69, 9.17) is 0 Å². The lowest BCUT2D eigenvalue weighted by Gasteiger charge is -2.27. The van der Waals surface area contributed by atoms with Crippen LogP contribution in [0.1, 0.15) is 37.3 Å². The molecule has 0 bridgehead atoms. The van der Waals surface area contributed by atoms with Crippen LogP contribution in [0.25, 0.3) is 16.3 Å². The van der Waals surface area contributed by atoms with Gasteiger partial charge in [-0.25, -0.2) is 0 Å². The van der Waals surface area contributed by atoms with Crippen molar-refractivity contribution in [1.29, 1.82) is 0 Å². The van der Waals surface area contributed by atoms with E-state index in [9.17, 15) is 0 Å². The molecule has 0 nitrogen and oxygen atoms in total. The van der Waals surface area contributed by atoms with E-state index in [2.05, 4.69) is 56.8 Å². The van der Waals surface area contributed by atoms with E-state index in [-0.39, 0.29) is 0 Å². The Morgan fingerprint density at radius 2 is 1.89 bits per heavy atom. The first-order valence-corrected chi connectivity index (χ1v) is 6.56. The average Bonchev–Trinajstić information content (AvgIpc) is 2.41. The van der Waals surface area contributed by atoms with E-state index in [1.807, 2.05) is 6.08 Å². The van der Waals surface area contributed by atoms with Crippen LogP contribution in [0.5, 0.6) is 0 Å². The fourth-order valence-electron chi connectivity index (χ4n) is 3.10. The van der Waals surface area contributed by atoms with Crippen LogP contribution in [-0.4, -0.2) is 0 Å². The van der Waals surface area contributed by atoms with Gasteiger partial charge in [0, 0.05) is 5.92 Å². The lowest BCUT2D eigenvalue weighted by Crippen LogP contribution is -2.06. The van der Waals surface area contributed by atoms with Crippen LogP contribution in [0.15, 0.2) is 54.6 Å². The Hall–Kier alpha value is -1.82. The Kier molecular flexibility index (Phi) is 2.59. The first kappa shape index (κ1) is 11.3. The van der Waals surface area contributed by atoms with Crippen LogP contribution >= 0.6 is 0 Å². The largest absolute Gasteiger partial charge is 0.103 e. The molecule has 2 aromatic carbocycles. The fourth-order valence-corrected chi connectivity index (χ4v) is 3.10. The van der Waals surface area contributed by atoms with E-state index in [0.717, 1.165) is 6.42 Å². The summed E-state index contributed by atoms with van der Waals surface area (Å²) in [6.07, 6.45) is 2.97. The minimum Gasteiger partial charge on any atom is -0.103 e. The SMILES string of the molecule is C=CCC1=C(C)C(C)c2cccc3cccc1c23. The third-order valence-electron chi connectivity index (χ3n) is 4.20. The molecular weight excluding hydrogens is 216 g/mol. The predicted molar refractivity (Wildman–Crippen MR) is 79.8 cm³/mol. The maximum absolute atomic E-state index is 3.90. The summed E-state index contributed by atoms with van der Waals surface area (Å²) < 4.78 is 0. The number of benzene rings is 2. The fraction of sp³-hybridized carbons (Fsp3) is 0.222. The average molecular weight is 234 g/mol. The minimum absolute atomic E-state index is 0.513. The molecule has 0 heterocycles. The van der Waals surface area contributed by atoms with Crippen molar-refractivity contribution in [2.24, 2.45) is 0 Å². The molecule has 0 saturated carbocycles. The molecule has 1 aliphatic rings. The minimum atomic E-state index is 0.513. The van der Waals surface area contributed by atoms with Crippen LogP contribution in [0.4, 0.5) is 0 Å². The molecule has 0 amide bonds. The molecule has 2 aromatic rings. The normalized spacial score (nSPS) is 18.2. The zero-order valence-corrected chi connectivity index (χ0v) is 11.0. The summed E-state index contributed by atoms with van der Waals surface area (Å²) in [6, 6.07) is 13.3. The zero-order valence-electron chi connectivity index (χ0n) is 11.0. The maximum atomic E-state index is 3.90. The van der Waals surface area contributed by atoms with E-state index >= 15 is 0 Å². The van der Waals surface area contributed by atoms with Crippen molar-refractivity contribution in [3.05, 3.63) is 65.8 Å². The first-order chi connectivity index (χ1) is 8.74. The molecule has 18 heavy (non-hydrogen) atoms. The van der Waals surface area contributed by atoms with Crippen molar-refractivity contribution in [3.8, 4) is 0 Å². The third-order valence-corrected chi connectivity index (χ3v) is 4.20. The molecule has 0 aromatic heterocycles. The van der Waals surface area contributed by atoms with Crippen molar-refractivity contribution in [3.63, 3.8) is 0 Å². The molecule has 0 fully saturated rings. The highest BCUT2D eigenvalue weighted by atomic mass is 14.3. The van der Waals surface area contributed by atoms with Gasteiger partial charge in [0.25, 0.3) is 0 Å². The summed E-state index contributed by atoms with van der Waals surface area (Å²) in [6.45, 7) is 8.47. The van der Waals surface area contributed by atoms with Gasteiger partial charge in [0.15, 0.2) is 0 Å². The molecular formula is C18H18. The summed E-state index contributed by atoms with van der Waals surface area (Å²) in [5.41, 5.74) is 5.81. The van der Waals surface area contributed by atoms with Crippen LogP contribution in [0.2, 0.25) is 0 Å². The Morgan fingerprint density at radius 3 is 2.61 bits per heavy atom. The highest BCUT2D eigenvalue weighted by molar-refractivity contribution is 5.99. The van der Waals surface area contributed by atoms with Crippen molar-refractivity contribution in [2.75, 3.05) is 0 Å². The molecule has 0 spiro atoms. The number of allylic oxidation sites excluding steroid dienone is 3. The van der Waals surface area contributed by atoms with E-state index in [0.29, 0.717) is 5.92 Å². The molecule has 90 valence electrons. The second kappa shape index (κ2) is 4.13. The molecule has 0 aliphatic heterocycles. The highest BCUT2D eigenvalue weighted by Crippen LogP contribution is 2.43. The maximum Gasteiger partial charge on any atom is 0.00295 e. The van der Waals surface area contributed by atoms with Gasteiger partial charge in [-0.15, -0.1) is 6.58 Å². The molecule has 3 rings (SSSR count). The van der Waals surface area contributed by atoms with Gasteiger partial charge in [-0.1, -0.05) is 55.0 Å². The van der Waals surface area contributed by atoms with Crippen molar-refractivity contribution in [2.45, 2.75) is 26.2 Å². The molecule has 0 saturated heterocycles. The monoisotopic (exact) mass is 234 g/mol. The Morgan fingerprint density at radius 1 is 1.17 bits per heavy atom. The summed E-state index contributed by atoms with van der Waals surface area (Å²) in [5.74, 6) is 0.513. The van der Waals surface area contributed by atoms with E-state index < -0.39 is 0 Å². The van der Waals surface area contributed by atoms with Crippen LogP contribution in [0.3, 0.4) is 0 Å². The Bertz CT molecular complexity index is 654. The zero-order chi connectivity index (χ0) is 12.7. The number of hydrogen-bond acceptors (Lipinski definition) is 0. The van der Waals surface area contributed by atoms with E-state index in [1.165, 1.54) is 33.0 Å². The van der Waals surface area contributed by atoms with Crippen LogP contribution in [-0.2, 0) is 0 Å². The number of hydrogen-bond donors (Lipinski definition) is 0. The summed E-state index contributed by atoms with van der Waals surface area (Å²) >= 11 is 0. The molecule has 1 aliphatic carbocycles. The highest BCUT2D eigenvalue weighted by Gasteiger charge is 2.22. The summed E-state index contributed by atoms with van der Waals surface area (Å²) in [5, 5.41) is 2.79. The standard InChI is InChI=1S/C18H18/c1-4-7-15-12(2)13(3)16-10-5-8-14-9-6-11-17(15)18(14)16/h4-6,8-11,13H,1,7H2,2-3H3. The van der Waals surface area contributed by atoms with Gasteiger partial charge in [-0.3, -0.25) is 0 Å². The van der Waals surface area contributed by atoms with Crippen molar-refractivity contribution in [1.82, 2.24) is 0 Å². The summed E-state index contributed by atoms with van der Waals surface area (Å²) in [7, 11) is 0. The lowest BCUT2D eigenvalue weighted by molar-refractivity contribution is 0.893. The van der Waals surface area contributed by atoms with Gasteiger partial charge >= 0.3 is 0 Å². The molecule has 0 heteroatoms. The van der Waals surface area contributed by atoms with Gasteiger partial charge in [0.05, 0.1) is 0 Å². The first-order valence-electron chi connectivity index (χ1n) is 6.56. The molecule has 1 atom stereocenters. The second-order valence-electron chi connectivity index (χ2n) is 5.13. The third kappa shape index (κ3) is 1.45. The van der Waals surface area contributed by atoms with Gasteiger partial charge in [-0.2, -0.15) is 0 Å². The molecule has 0 radical (unpaired) electrons. The lowest BCUT2D eigenvalue weighted by atomic mass is 9.77. The molecule has 1 unspecified atom stereocenters. The van der Waals surface area contributed by atoms with Gasteiger partial charge in [-0.05, 0) is 40.8 Å². The Balaban J connectivity index is 2.41. The summed E-state index contributed by atoms with van der Waals surface area (Å²) in [4.78, 5) is 0. The van der Waals surface area contributed by atoms with Gasteiger partial charge in [0.2, 0.25) is 0 Å². The van der Waals surface area contributed by atoms with Gasteiger partial charge < -0.3 is 0 Å². The van der Waals surface area contributed by atoms with Crippen molar-refractivity contribution < 1.29 is 0 Å². The Labute approximate surface area is 109 Å². The smallest absolute Gasteiger partial charge is 0.00295 e. The van der Waals surface area contributed by atoms with Crippen LogP contribution in [0, 0.1) is 0 Å². The van der Waals surface area contributed by atoms with Crippen LogP contribution < -0.4 is 0 Å². The topological polar surface area (TPSA) is 0 Å². The van der Waals surface area contributed by atoms with Crippen molar-refractivity contribution >= 4 is 16.3 Å². The van der Waals surface area contributed by atoms with E-state index in [1.54, 1.807) is 0 Å². The quantitative estimate of drug-likeness (QED) is 0.618. The number of rotatable bonds is 2. The second-order valence-corrected chi connectivity index (χ2v) is 5.13. The predicted octanol–water partition coefficient (Wildman–Crippen LogP) is 5.31. The molecule has 0 N–H and O–H groups in total.